The molecule has 1 aromatic carbocycles. The fraction of sp³-hybridized carbons (Fsp3) is 0.429. The van der Waals surface area contributed by atoms with E-state index >= 15 is 0 Å². The van der Waals surface area contributed by atoms with E-state index in [4.69, 9.17) is 11.6 Å². The third-order valence-electron chi connectivity index (χ3n) is 3.86. The average molecular weight is 262 g/mol. The summed E-state index contributed by atoms with van der Waals surface area (Å²) in [7, 11) is 0. The average Bonchev–Trinajstić information content (AvgIpc) is 2.78. The monoisotopic (exact) mass is 261 g/mol. The molecule has 4 heteroatoms. The topological polar surface area (TPSA) is 30.7 Å². The van der Waals surface area contributed by atoms with Gasteiger partial charge in [-0.3, -0.25) is 4.57 Å². The molecule has 0 bridgehead atoms. The summed E-state index contributed by atoms with van der Waals surface area (Å²) in [5.41, 5.74) is 1.50. The van der Waals surface area contributed by atoms with E-state index in [0.29, 0.717) is 16.6 Å². The highest BCUT2D eigenvalue weighted by Gasteiger charge is 2.45. The van der Waals surface area contributed by atoms with Gasteiger partial charge < -0.3 is 0 Å². The van der Waals surface area contributed by atoms with Crippen molar-refractivity contribution in [1.29, 1.82) is 0 Å². The lowest BCUT2D eigenvalue weighted by atomic mass is 10.1. The Morgan fingerprint density at radius 2 is 1.94 bits per heavy atom. The van der Waals surface area contributed by atoms with Crippen LogP contribution in [-0.4, -0.2) is 14.8 Å². The summed E-state index contributed by atoms with van der Waals surface area (Å²) >= 11 is 6.15. The molecular formula is C14H16ClN3. The third kappa shape index (κ3) is 2.03. The number of halogens is 1. The molecule has 0 saturated heterocycles. The van der Waals surface area contributed by atoms with Gasteiger partial charge in [-0.1, -0.05) is 44.2 Å². The predicted octanol–water partition coefficient (Wildman–Crippen LogP) is 3.64. The lowest BCUT2D eigenvalue weighted by Gasteiger charge is -2.09. The highest BCUT2D eigenvalue weighted by Crippen LogP contribution is 2.52. The standard InChI is InChI=1S/C14H16ClN3/c1-14(2)8-11(14)9-18-12(16-17-13(18)15)10-6-4-3-5-7-10/h3-7,11H,8-9H2,1-2H3. The fourth-order valence-corrected chi connectivity index (χ4v) is 2.54. The van der Waals surface area contributed by atoms with Gasteiger partial charge >= 0.3 is 0 Å². The van der Waals surface area contributed by atoms with Crippen LogP contribution in [0.3, 0.4) is 0 Å². The van der Waals surface area contributed by atoms with Crippen LogP contribution in [0.1, 0.15) is 20.3 Å². The lowest BCUT2D eigenvalue weighted by molar-refractivity contribution is 0.500. The van der Waals surface area contributed by atoms with Crippen molar-refractivity contribution in [3.05, 3.63) is 35.6 Å². The van der Waals surface area contributed by atoms with E-state index in [9.17, 15) is 0 Å². The maximum atomic E-state index is 6.15. The van der Waals surface area contributed by atoms with Gasteiger partial charge in [0.2, 0.25) is 5.28 Å². The van der Waals surface area contributed by atoms with Crippen molar-refractivity contribution < 1.29 is 0 Å². The Hall–Kier alpha value is -1.35. The zero-order valence-corrected chi connectivity index (χ0v) is 11.4. The highest BCUT2D eigenvalue weighted by molar-refractivity contribution is 6.28. The Kier molecular flexibility index (Phi) is 2.67. The zero-order chi connectivity index (χ0) is 12.8. The first-order valence-corrected chi connectivity index (χ1v) is 6.60. The van der Waals surface area contributed by atoms with Gasteiger partial charge in [0, 0.05) is 12.1 Å². The van der Waals surface area contributed by atoms with Crippen LogP contribution < -0.4 is 0 Å². The van der Waals surface area contributed by atoms with Crippen LogP contribution in [-0.2, 0) is 6.54 Å². The minimum atomic E-state index is 0.432. The first kappa shape index (κ1) is 11.7. The predicted molar refractivity (Wildman–Crippen MR) is 72.4 cm³/mol. The van der Waals surface area contributed by atoms with Gasteiger partial charge in [0.15, 0.2) is 5.82 Å². The molecular weight excluding hydrogens is 246 g/mol. The summed E-state index contributed by atoms with van der Waals surface area (Å²) in [6.45, 7) is 5.49. The van der Waals surface area contributed by atoms with Crippen molar-refractivity contribution in [3.8, 4) is 11.4 Å². The first-order chi connectivity index (χ1) is 8.58. The van der Waals surface area contributed by atoms with Crippen molar-refractivity contribution in [2.24, 2.45) is 11.3 Å². The van der Waals surface area contributed by atoms with E-state index in [2.05, 4.69) is 24.0 Å². The summed E-state index contributed by atoms with van der Waals surface area (Å²) < 4.78 is 2.02. The molecule has 1 heterocycles. The minimum absolute atomic E-state index is 0.432. The Morgan fingerprint density at radius 3 is 2.56 bits per heavy atom. The maximum absolute atomic E-state index is 6.15. The largest absolute Gasteiger partial charge is 0.297 e. The Morgan fingerprint density at radius 1 is 1.28 bits per heavy atom. The van der Waals surface area contributed by atoms with Crippen LogP contribution in [0.5, 0.6) is 0 Å². The summed E-state index contributed by atoms with van der Waals surface area (Å²) in [4.78, 5) is 0. The molecule has 1 fully saturated rings. The number of rotatable bonds is 3. The van der Waals surface area contributed by atoms with Crippen LogP contribution in [0.4, 0.5) is 0 Å². The SMILES string of the molecule is CC1(C)CC1Cn1c(Cl)nnc1-c1ccccc1. The van der Waals surface area contributed by atoms with E-state index < -0.39 is 0 Å². The van der Waals surface area contributed by atoms with Gasteiger partial charge in [-0.2, -0.15) is 0 Å². The number of hydrogen-bond donors (Lipinski definition) is 0. The molecule has 1 atom stereocenters. The smallest absolute Gasteiger partial charge is 0.225 e. The summed E-state index contributed by atoms with van der Waals surface area (Å²) in [5.74, 6) is 1.54. The number of benzene rings is 1. The molecule has 1 aliphatic carbocycles. The van der Waals surface area contributed by atoms with E-state index in [-0.39, 0.29) is 0 Å². The Labute approximate surface area is 112 Å². The van der Waals surface area contributed by atoms with Crippen molar-refractivity contribution >= 4 is 11.6 Å². The molecule has 18 heavy (non-hydrogen) atoms. The summed E-state index contributed by atoms with van der Waals surface area (Å²) in [5, 5.41) is 8.68. The van der Waals surface area contributed by atoms with Crippen LogP contribution >= 0.6 is 11.6 Å². The van der Waals surface area contributed by atoms with E-state index in [0.717, 1.165) is 17.9 Å². The van der Waals surface area contributed by atoms with Crippen molar-refractivity contribution in [3.63, 3.8) is 0 Å². The molecule has 1 saturated carbocycles. The maximum Gasteiger partial charge on any atom is 0.225 e. The van der Waals surface area contributed by atoms with Crippen molar-refractivity contribution in [2.75, 3.05) is 0 Å². The van der Waals surface area contributed by atoms with Crippen LogP contribution in [0.2, 0.25) is 5.28 Å². The Bertz CT molecular complexity index is 560. The fourth-order valence-electron chi connectivity index (χ4n) is 2.35. The molecule has 3 nitrogen and oxygen atoms in total. The quantitative estimate of drug-likeness (QED) is 0.844. The number of aromatic nitrogens is 3. The number of hydrogen-bond acceptors (Lipinski definition) is 2. The second-order valence-corrected chi connectivity index (χ2v) is 6.00. The normalized spacial score (nSPS) is 20.9. The molecule has 1 aliphatic rings. The molecule has 0 radical (unpaired) electrons. The first-order valence-electron chi connectivity index (χ1n) is 6.22. The molecule has 0 spiro atoms. The van der Waals surface area contributed by atoms with Gasteiger partial charge in [-0.05, 0) is 29.4 Å². The van der Waals surface area contributed by atoms with E-state index in [1.54, 1.807) is 0 Å². The van der Waals surface area contributed by atoms with Crippen LogP contribution in [0, 0.1) is 11.3 Å². The highest BCUT2D eigenvalue weighted by atomic mass is 35.5. The number of nitrogens with zero attached hydrogens (tertiary/aromatic N) is 3. The third-order valence-corrected chi connectivity index (χ3v) is 4.14. The van der Waals surface area contributed by atoms with Crippen molar-refractivity contribution in [1.82, 2.24) is 14.8 Å². The second kappa shape index (κ2) is 4.09. The van der Waals surface area contributed by atoms with E-state index in [1.165, 1.54) is 6.42 Å². The minimum Gasteiger partial charge on any atom is -0.297 e. The van der Waals surface area contributed by atoms with Crippen LogP contribution in [0.25, 0.3) is 11.4 Å². The van der Waals surface area contributed by atoms with E-state index in [1.807, 2.05) is 34.9 Å². The molecule has 1 unspecified atom stereocenters. The second-order valence-electron chi connectivity index (χ2n) is 5.66. The van der Waals surface area contributed by atoms with Gasteiger partial charge in [-0.25, -0.2) is 0 Å². The van der Waals surface area contributed by atoms with Gasteiger partial charge in [0.05, 0.1) is 0 Å². The van der Waals surface area contributed by atoms with Gasteiger partial charge in [0.1, 0.15) is 0 Å². The molecule has 94 valence electrons. The summed E-state index contributed by atoms with van der Waals surface area (Å²) in [6, 6.07) is 10.1. The van der Waals surface area contributed by atoms with Gasteiger partial charge in [0.25, 0.3) is 0 Å². The lowest BCUT2D eigenvalue weighted by Crippen LogP contribution is -2.06. The molecule has 2 aromatic rings. The molecule has 0 aliphatic heterocycles. The summed E-state index contributed by atoms with van der Waals surface area (Å²) in [6.07, 6.45) is 1.25. The molecule has 0 N–H and O–H groups in total. The molecule has 0 amide bonds. The Balaban J connectivity index is 1.92. The van der Waals surface area contributed by atoms with Crippen LogP contribution in [0.15, 0.2) is 30.3 Å². The molecule has 3 rings (SSSR count). The van der Waals surface area contributed by atoms with Crippen molar-refractivity contribution in [2.45, 2.75) is 26.8 Å². The van der Waals surface area contributed by atoms with Gasteiger partial charge in [-0.15, -0.1) is 10.2 Å². The molecule has 1 aromatic heterocycles. The zero-order valence-electron chi connectivity index (χ0n) is 10.6.